The van der Waals surface area contributed by atoms with Gasteiger partial charge in [0.15, 0.2) is 0 Å². The molecular formula is C29H39F. The molecule has 4 atom stereocenters. The van der Waals surface area contributed by atoms with E-state index in [9.17, 15) is 4.39 Å². The van der Waals surface area contributed by atoms with E-state index in [4.69, 9.17) is 0 Å². The third kappa shape index (κ3) is 5.16. The highest BCUT2D eigenvalue weighted by Crippen LogP contribution is 2.48. The molecule has 0 amide bonds. The molecule has 0 N–H and O–H groups in total. The minimum atomic E-state index is -0.0135. The van der Waals surface area contributed by atoms with Crippen LogP contribution in [0.15, 0.2) is 48.3 Å². The molecule has 2 aromatic carbocycles. The number of hydrogen-bond donors (Lipinski definition) is 0. The Morgan fingerprint density at radius 2 is 1.73 bits per heavy atom. The van der Waals surface area contributed by atoms with Crippen LogP contribution in [0.2, 0.25) is 0 Å². The number of unbranched alkanes of at least 4 members (excludes halogenated alkanes) is 1. The monoisotopic (exact) mass is 406 g/mol. The molecule has 0 aliphatic heterocycles. The summed E-state index contributed by atoms with van der Waals surface area (Å²) in [7, 11) is 0. The summed E-state index contributed by atoms with van der Waals surface area (Å²) < 4.78 is 13.4. The van der Waals surface area contributed by atoms with E-state index < -0.39 is 0 Å². The van der Waals surface area contributed by atoms with Crippen molar-refractivity contribution in [1.82, 2.24) is 0 Å². The minimum absolute atomic E-state index is 0.0135. The smallest absolute Gasteiger partial charge is 0.0960 e. The summed E-state index contributed by atoms with van der Waals surface area (Å²) in [5, 5.41) is 2.63. The highest BCUT2D eigenvalue weighted by atomic mass is 19.1. The van der Waals surface area contributed by atoms with Gasteiger partial charge in [-0.3, -0.25) is 0 Å². The minimum Gasteiger partial charge on any atom is -0.212 e. The third-order valence-corrected chi connectivity index (χ3v) is 8.05. The van der Waals surface area contributed by atoms with E-state index in [0.29, 0.717) is 6.42 Å². The Labute approximate surface area is 183 Å². The zero-order valence-corrected chi connectivity index (χ0v) is 19.0. The van der Waals surface area contributed by atoms with E-state index in [2.05, 4.69) is 43.3 Å². The summed E-state index contributed by atoms with van der Waals surface area (Å²) >= 11 is 0. The van der Waals surface area contributed by atoms with Gasteiger partial charge in [0.1, 0.15) is 0 Å². The molecule has 0 bridgehead atoms. The van der Waals surface area contributed by atoms with E-state index in [1.807, 2.05) is 0 Å². The number of hydrogen-bond acceptors (Lipinski definition) is 0. The number of rotatable bonds is 7. The number of fused-ring (bicyclic) bond motifs is 2. The molecule has 2 aromatic rings. The average molecular weight is 407 g/mol. The Morgan fingerprint density at radius 1 is 0.967 bits per heavy atom. The van der Waals surface area contributed by atoms with Crippen molar-refractivity contribution in [2.24, 2.45) is 17.8 Å². The summed E-state index contributed by atoms with van der Waals surface area (Å²) in [6.45, 7) is 4.09. The molecule has 0 saturated heterocycles. The van der Waals surface area contributed by atoms with Gasteiger partial charge in [0.25, 0.3) is 0 Å². The SMILES string of the molecule is C/C=C(/F)CCc1ccc2cc(C3CCC4CC(CCCC)CCC4C3)ccc2c1. The molecule has 30 heavy (non-hydrogen) atoms. The van der Waals surface area contributed by atoms with Gasteiger partial charge >= 0.3 is 0 Å². The van der Waals surface area contributed by atoms with Crippen molar-refractivity contribution >= 4 is 10.8 Å². The molecule has 0 aromatic heterocycles. The zero-order valence-electron chi connectivity index (χ0n) is 19.0. The lowest BCUT2D eigenvalue weighted by Gasteiger charge is -2.42. The standard InChI is InChI=1S/C29H39F/c1-3-5-6-21-7-10-25-19-27(14-12-23(25)17-21)28-15-13-24-18-22(8-11-26(24)20-28)9-16-29(30)4-2/h4,8,11,13,15,18,20-21,23,25,27H,3,5-7,9-10,12,14,16-17,19H2,1-2H3/b29-4+. The lowest BCUT2D eigenvalue weighted by Crippen LogP contribution is -2.30. The van der Waals surface area contributed by atoms with Crippen molar-refractivity contribution in [3.05, 3.63) is 59.4 Å². The molecule has 0 radical (unpaired) electrons. The average Bonchev–Trinajstić information content (AvgIpc) is 2.80. The highest BCUT2D eigenvalue weighted by molar-refractivity contribution is 5.84. The van der Waals surface area contributed by atoms with E-state index in [1.165, 1.54) is 74.1 Å². The fourth-order valence-corrected chi connectivity index (χ4v) is 6.18. The van der Waals surface area contributed by atoms with Gasteiger partial charge in [-0.2, -0.15) is 0 Å². The first-order valence-corrected chi connectivity index (χ1v) is 12.5. The second-order valence-electron chi connectivity index (χ2n) is 10.0. The molecule has 4 unspecified atom stereocenters. The van der Waals surface area contributed by atoms with Crippen LogP contribution in [0.25, 0.3) is 10.8 Å². The molecule has 4 rings (SSSR count). The quantitative estimate of drug-likeness (QED) is 0.430. The van der Waals surface area contributed by atoms with Crippen LogP contribution < -0.4 is 0 Å². The number of allylic oxidation sites excluding steroid dienone is 2. The van der Waals surface area contributed by atoms with Crippen molar-refractivity contribution in [1.29, 1.82) is 0 Å². The van der Waals surface area contributed by atoms with Gasteiger partial charge in [0.2, 0.25) is 0 Å². The molecule has 0 heterocycles. The third-order valence-electron chi connectivity index (χ3n) is 8.05. The molecule has 2 saturated carbocycles. The molecule has 0 nitrogen and oxygen atoms in total. The first-order valence-electron chi connectivity index (χ1n) is 12.5. The maximum atomic E-state index is 13.4. The molecule has 2 fully saturated rings. The van der Waals surface area contributed by atoms with Crippen LogP contribution in [0.5, 0.6) is 0 Å². The van der Waals surface area contributed by atoms with Crippen LogP contribution in [0.4, 0.5) is 4.39 Å². The Morgan fingerprint density at radius 3 is 2.57 bits per heavy atom. The molecular weight excluding hydrogens is 367 g/mol. The molecule has 1 heteroatoms. The van der Waals surface area contributed by atoms with Gasteiger partial charge in [-0.25, -0.2) is 4.39 Å². The number of benzene rings is 2. The van der Waals surface area contributed by atoms with Crippen LogP contribution in [0.3, 0.4) is 0 Å². The second-order valence-corrected chi connectivity index (χ2v) is 10.0. The van der Waals surface area contributed by atoms with Crippen molar-refractivity contribution in [2.75, 3.05) is 0 Å². The predicted molar refractivity (Wildman–Crippen MR) is 128 cm³/mol. The summed E-state index contributed by atoms with van der Waals surface area (Å²) in [5.74, 6) is 3.70. The van der Waals surface area contributed by atoms with Crippen molar-refractivity contribution in [3.63, 3.8) is 0 Å². The molecule has 0 spiro atoms. The second kappa shape index (κ2) is 10.1. The normalized spacial score (nSPS) is 27.2. The topological polar surface area (TPSA) is 0 Å². The maximum absolute atomic E-state index is 13.4. The first-order chi connectivity index (χ1) is 14.7. The Hall–Kier alpha value is -1.63. The van der Waals surface area contributed by atoms with Crippen molar-refractivity contribution < 1.29 is 4.39 Å². The fourth-order valence-electron chi connectivity index (χ4n) is 6.18. The fraction of sp³-hybridized carbons (Fsp3) is 0.586. The lowest BCUT2D eigenvalue weighted by molar-refractivity contribution is 0.113. The lowest BCUT2D eigenvalue weighted by atomic mass is 9.63. The van der Waals surface area contributed by atoms with Crippen molar-refractivity contribution in [3.8, 4) is 0 Å². The molecule has 2 aliphatic rings. The van der Waals surface area contributed by atoms with E-state index in [0.717, 1.165) is 30.1 Å². The molecule has 162 valence electrons. The predicted octanol–water partition coefficient (Wildman–Crippen LogP) is 9.14. The largest absolute Gasteiger partial charge is 0.212 e. The van der Waals surface area contributed by atoms with Crippen LogP contribution in [-0.4, -0.2) is 0 Å². The van der Waals surface area contributed by atoms with Crippen LogP contribution >= 0.6 is 0 Å². The summed E-state index contributed by atoms with van der Waals surface area (Å²) in [6, 6.07) is 13.8. The van der Waals surface area contributed by atoms with E-state index in [1.54, 1.807) is 18.6 Å². The summed E-state index contributed by atoms with van der Waals surface area (Å²) in [6.07, 6.45) is 15.7. The van der Waals surface area contributed by atoms with Gasteiger partial charge in [-0.1, -0.05) is 75.1 Å². The van der Waals surface area contributed by atoms with Gasteiger partial charge in [0.05, 0.1) is 5.83 Å². The maximum Gasteiger partial charge on any atom is 0.0960 e. The number of halogens is 1. The van der Waals surface area contributed by atoms with Gasteiger partial charge < -0.3 is 0 Å². The van der Waals surface area contributed by atoms with Crippen molar-refractivity contribution in [2.45, 2.75) is 90.4 Å². The Bertz CT molecular complexity index is 864. The van der Waals surface area contributed by atoms with E-state index >= 15 is 0 Å². The highest BCUT2D eigenvalue weighted by Gasteiger charge is 2.35. The summed E-state index contributed by atoms with van der Waals surface area (Å²) in [4.78, 5) is 0. The van der Waals surface area contributed by atoms with Gasteiger partial charge in [0, 0.05) is 6.42 Å². The van der Waals surface area contributed by atoms with Crippen LogP contribution in [0.1, 0.15) is 95.1 Å². The Balaban J connectivity index is 1.39. The number of aryl methyl sites for hydroxylation is 1. The zero-order chi connectivity index (χ0) is 20.9. The Kier molecular flexibility index (Phi) is 7.28. The first kappa shape index (κ1) is 21.6. The molecule has 2 aliphatic carbocycles. The summed E-state index contributed by atoms with van der Waals surface area (Å²) in [5.41, 5.74) is 2.77. The van der Waals surface area contributed by atoms with Crippen LogP contribution in [0, 0.1) is 17.8 Å². The van der Waals surface area contributed by atoms with Crippen LogP contribution in [-0.2, 0) is 6.42 Å². The van der Waals surface area contributed by atoms with E-state index in [-0.39, 0.29) is 5.83 Å². The van der Waals surface area contributed by atoms with Gasteiger partial charge in [-0.05, 0) is 91.0 Å². The van der Waals surface area contributed by atoms with Gasteiger partial charge in [-0.15, -0.1) is 0 Å².